The molecule has 0 radical (unpaired) electrons. The lowest BCUT2D eigenvalue weighted by molar-refractivity contribution is -0.143. The molecule has 25 heavy (non-hydrogen) atoms. The summed E-state index contributed by atoms with van der Waals surface area (Å²) in [5.74, 6) is -2.77. The number of para-hydroxylation sites is 2. The minimum atomic E-state index is -0.805. The van der Waals surface area contributed by atoms with Crippen LogP contribution in [-0.2, 0) is 16.1 Å². The number of oxazole rings is 1. The Hall–Kier alpha value is -3.55. The van der Waals surface area contributed by atoms with E-state index in [9.17, 15) is 24.6 Å². The van der Waals surface area contributed by atoms with Gasteiger partial charge in [-0.25, -0.2) is 4.79 Å². The number of phenolic OH excluding ortho intramolecular Hbond substituents is 2. The average Bonchev–Trinajstić information content (AvgIpc) is 2.88. The van der Waals surface area contributed by atoms with Gasteiger partial charge in [0.1, 0.15) is 18.0 Å². The highest BCUT2D eigenvalue weighted by Gasteiger charge is 2.17. The normalized spacial score (nSPS) is 10.7. The molecule has 3 rings (SSSR count). The number of carbonyl (C=O) groups excluding carboxylic acids is 2. The molecule has 2 aromatic carbocycles. The maximum absolute atomic E-state index is 12.0. The molecule has 0 bridgehead atoms. The molecular formula is C17H13NO7. The summed E-state index contributed by atoms with van der Waals surface area (Å²) in [6.45, 7) is -1.02. The number of rotatable bonds is 5. The van der Waals surface area contributed by atoms with E-state index in [0.29, 0.717) is 11.1 Å². The number of benzene rings is 2. The molecule has 0 amide bonds. The van der Waals surface area contributed by atoms with Crippen LogP contribution in [0.4, 0.5) is 0 Å². The number of nitrogens with zero attached hydrogens (tertiary/aromatic N) is 1. The Bertz CT molecular complexity index is 1020. The molecule has 0 fully saturated rings. The molecule has 128 valence electrons. The smallest absolute Gasteiger partial charge is 0.420 e. The van der Waals surface area contributed by atoms with Gasteiger partial charge in [-0.05, 0) is 24.3 Å². The largest absolute Gasteiger partial charge is 0.508 e. The fourth-order valence-corrected chi connectivity index (χ4v) is 2.32. The van der Waals surface area contributed by atoms with Gasteiger partial charge in [0.15, 0.2) is 12.2 Å². The van der Waals surface area contributed by atoms with E-state index in [2.05, 4.69) is 0 Å². The summed E-state index contributed by atoms with van der Waals surface area (Å²) in [7, 11) is 0. The number of aromatic nitrogens is 1. The molecule has 2 N–H and O–H groups in total. The maximum atomic E-state index is 12.0. The molecule has 0 unspecified atom stereocenters. The molecular weight excluding hydrogens is 330 g/mol. The number of Topliss-reactive ketones (excluding diaryl/α,β-unsaturated/α-hetero) is 1. The second kappa shape index (κ2) is 6.52. The van der Waals surface area contributed by atoms with Gasteiger partial charge in [-0.3, -0.25) is 14.2 Å². The lowest BCUT2D eigenvalue weighted by Gasteiger charge is -2.06. The van der Waals surface area contributed by atoms with Crippen molar-refractivity contribution < 1.29 is 29.0 Å². The van der Waals surface area contributed by atoms with E-state index in [1.165, 1.54) is 12.1 Å². The van der Waals surface area contributed by atoms with Crippen LogP contribution in [0.2, 0.25) is 0 Å². The second-order valence-electron chi connectivity index (χ2n) is 5.21. The first-order chi connectivity index (χ1) is 12.0. The highest BCUT2D eigenvalue weighted by atomic mass is 16.5. The summed E-state index contributed by atoms with van der Waals surface area (Å²) in [6, 6.07) is 10.0. The van der Waals surface area contributed by atoms with Crippen LogP contribution in [0.1, 0.15) is 10.4 Å². The van der Waals surface area contributed by atoms with Crippen molar-refractivity contribution in [2.45, 2.75) is 6.54 Å². The quantitative estimate of drug-likeness (QED) is 0.531. The Morgan fingerprint density at radius 2 is 1.88 bits per heavy atom. The number of hydrogen-bond acceptors (Lipinski definition) is 7. The molecule has 0 spiro atoms. The predicted molar refractivity (Wildman–Crippen MR) is 85.5 cm³/mol. The van der Waals surface area contributed by atoms with E-state index < -0.39 is 36.4 Å². The SMILES string of the molecule is O=C(Cn1c(=O)oc2ccccc21)OCC(=O)c1ccc(O)cc1O. The number of esters is 1. The molecule has 8 nitrogen and oxygen atoms in total. The van der Waals surface area contributed by atoms with Crippen molar-refractivity contribution >= 4 is 22.9 Å². The third-order valence-corrected chi connectivity index (χ3v) is 3.51. The van der Waals surface area contributed by atoms with Crippen molar-refractivity contribution in [2.75, 3.05) is 6.61 Å². The van der Waals surface area contributed by atoms with Crippen molar-refractivity contribution in [1.29, 1.82) is 0 Å². The summed E-state index contributed by atoms with van der Waals surface area (Å²) < 4.78 is 11.0. The number of ether oxygens (including phenoxy) is 1. The summed E-state index contributed by atoms with van der Waals surface area (Å²) in [5.41, 5.74) is 0.689. The van der Waals surface area contributed by atoms with Crippen LogP contribution >= 0.6 is 0 Å². The number of ketones is 1. The van der Waals surface area contributed by atoms with Crippen LogP contribution in [0, 0.1) is 0 Å². The summed E-state index contributed by atoms with van der Waals surface area (Å²) in [5, 5.41) is 18.8. The van der Waals surface area contributed by atoms with Crippen LogP contribution < -0.4 is 5.76 Å². The molecule has 0 saturated heterocycles. The maximum Gasteiger partial charge on any atom is 0.420 e. The zero-order valence-electron chi connectivity index (χ0n) is 12.8. The predicted octanol–water partition coefficient (Wildman–Crippen LogP) is 1.43. The Kier molecular flexibility index (Phi) is 4.25. The monoisotopic (exact) mass is 343 g/mol. The zero-order valence-corrected chi connectivity index (χ0v) is 12.8. The first-order valence-corrected chi connectivity index (χ1v) is 7.25. The summed E-state index contributed by atoms with van der Waals surface area (Å²) >= 11 is 0. The van der Waals surface area contributed by atoms with Gasteiger partial charge in [-0.2, -0.15) is 0 Å². The van der Waals surface area contributed by atoms with E-state index in [0.717, 1.165) is 10.6 Å². The van der Waals surface area contributed by atoms with Crippen LogP contribution in [0.15, 0.2) is 51.7 Å². The first-order valence-electron chi connectivity index (χ1n) is 7.25. The number of fused-ring (bicyclic) bond motifs is 1. The topological polar surface area (TPSA) is 119 Å². The lowest BCUT2D eigenvalue weighted by Crippen LogP contribution is -2.23. The van der Waals surface area contributed by atoms with E-state index in [4.69, 9.17) is 9.15 Å². The van der Waals surface area contributed by atoms with Gasteiger partial charge in [-0.15, -0.1) is 0 Å². The van der Waals surface area contributed by atoms with Gasteiger partial charge in [0.2, 0.25) is 5.78 Å². The fourth-order valence-electron chi connectivity index (χ4n) is 2.32. The van der Waals surface area contributed by atoms with Crippen molar-refractivity contribution in [3.05, 3.63) is 58.6 Å². The van der Waals surface area contributed by atoms with Gasteiger partial charge in [0.25, 0.3) is 0 Å². The molecule has 8 heteroatoms. The van der Waals surface area contributed by atoms with Crippen LogP contribution in [0.5, 0.6) is 11.5 Å². The van der Waals surface area contributed by atoms with Crippen molar-refractivity contribution in [1.82, 2.24) is 4.57 Å². The summed E-state index contributed by atoms with van der Waals surface area (Å²) in [6.07, 6.45) is 0. The molecule has 0 atom stereocenters. The highest BCUT2D eigenvalue weighted by molar-refractivity contribution is 6.00. The van der Waals surface area contributed by atoms with Gasteiger partial charge in [-0.1, -0.05) is 12.1 Å². The molecule has 1 heterocycles. The molecule has 0 aliphatic heterocycles. The summed E-state index contributed by atoms with van der Waals surface area (Å²) in [4.78, 5) is 35.6. The number of hydrogen-bond donors (Lipinski definition) is 2. The Labute approximate surface area is 140 Å². The number of carbonyl (C=O) groups is 2. The van der Waals surface area contributed by atoms with Gasteiger partial charge in [0, 0.05) is 6.07 Å². The molecule has 3 aromatic rings. The molecule has 0 aliphatic carbocycles. The molecule has 0 saturated carbocycles. The van der Waals surface area contributed by atoms with Gasteiger partial charge in [0.05, 0.1) is 11.1 Å². The van der Waals surface area contributed by atoms with E-state index in [1.54, 1.807) is 24.3 Å². The number of phenols is 2. The number of aromatic hydroxyl groups is 2. The second-order valence-corrected chi connectivity index (χ2v) is 5.21. The third-order valence-electron chi connectivity index (χ3n) is 3.51. The fraction of sp³-hybridized carbons (Fsp3) is 0.118. The van der Waals surface area contributed by atoms with Crippen LogP contribution in [-0.4, -0.2) is 33.1 Å². The zero-order chi connectivity index (χ0) is 18.0. The molecule has 0 aliphatic rings. The first kappa shape index (κ1) is 16.3. The van der Waals surface area contributed by atoms with Gasteiger partial charge < -0.3 is 19.4 Å². The third kappa shape index (κ3) is 3.37. The van der Waals surface area contributed by atoms with E-state index >= 15 is 0 Å². The molecule has 1 aromatic heterocycles. The average molecular weight is 343 g/mol. The van der Waals surface area contributed by atoms with Crippen LogP contribution in [0.25, 0.3) is 11.1 Å². The lowest BCUT2D eigenvalue weighted by atomic mass is 10.1. The minimum absolute atomic E-state index is 0.0865. The van der Waals surface area contributed by atoms with Crippen molar-refractivity contribution in [2.24, 2.45) is 0 Å². The van der Waals surface area contributed by atoms with E-state index in [1.807, 2.05) is 0 Å². The van der Waals surface area contributed by atoms with Crippen molar-refractivity contribution in [3.63, 3.8) is 0 Å². The Morgan fingerprint density at radius 3 is 2.64 bits per heavy atom. The van der Waals surface area contributed by atoms with Crippen LogP contribution in [0.3, 0.4) is 0 Å². The highest BCUT2D eigenvalue weighted by Crippen LogP contribution is 2.22. The Morgan fingerprint density at radius 1 is 1.12 bits per heavy atom. The van der Waals surface area contributed by atoms with E-state index in [-0.39, 0.29) is 11.3 Å². The van der Waals surface area contributed by atoms with Gasteiger partial charge >= 0.3 is 11.7 Å². The Balaban J connectivity index is 1.67. The standard InChI is InChI=1S/C17H13NO7/c19-10-5-6-11(13(20)7-10)14(21)9-24-16(22)8-18-12-3-1-2-4-15(12)25-17(18)23/h1-7,19-20H,8-9H2. The van der Waals surface area contributed by atoms with Crippen molar-refractivity contribution in [3.8, 4) is 11.5 Å². The minimum Gasteiger partial charge on any atom is -0.508 e.